The van der Waals surface area contributed by atoms with Crippen LogP contribution in [0.25, 0.3) is 0 Å². The van der Waals surface area contributed by atoms with Gasteiger partial charge in [-0.15, -0.1) is 0 Å². The van der Waals surface area contributed by atoms with Crippen molar-refractivity contribution in [3.05, 3.63) is 0 Å². The zero-order valence-electron chi connectivity index (χ0n) is 17.1. The lowest BCUT2D eigenvalue weighted by molar-refractivity contribution is -0.837. The van der Waals surface area contributed by atoms with E-state index in [9.17, 15) is 23.4 Å². The number of hydrogen-bond donors (Lipinski definition) is 3. The van der Waals surface area contributed by atoms with Crippen molar-refractivity contribution in [3.63, 3.8) is 0 Å². The predicted octanol–water partition coefficient (Wildman–Crippen LogP) is 1.56. The molecule has 2 unspecified atom stereocenters. The lowest BCUT2D eigenvalue weighted by atomic mass is 10.1. The van der Waals surface area contributed by atoms with Crippen LogP contribution in [0.5, 0.6) is 0 Å². The molecule has 2 atom stereocenters. The molecule has 28 heavy (non-hydrogen) atoms. The molecule has 3 N–H and O–H groups in total. The molecule has 164 valence electrons. The smallest absolute Gasteiger partial charge is 0.267 e. The number of carbonyl (C=O) groups is 1. The molecular formula is C19H37N2O6S+. The Kier molecular flexibility index (Phi) is 11.4. The summed E-state index contributed by atoms with van der Waals surface area (Å²) in [6.45, 7) is 2.93. The number of carbonyl (C=O) groups excluding carboxylic acids is 1. The van der Waals surface area contributed by atoms with Gasteiger partial charge in [0.05, 0.1) is 13.2 Å². The van der Waals surface area contributed by atoms with Crippen LogP contribution in [-0.4, -0.2) is 83.9 Å². The third kappa shape index (κ3) is 9.09. The Morgan fingerprint density at radius 3 is 2.32 bits per heavy atom. The van der Waals surface area contributed by atoms with Gasteiger partial charge in [0.2, 0.25) is 5.78 Å². The molecule has 1 rings (SSSR count). The molecule has 0 aromatic rings. The van der Waals surface area contributed by atoms with Crippen molar-refractivity contribution in [1.29, 1.82) is 0 Å². The quantitative estimate of drug-likeness (QED) is 0.197. The summed E-state index contributed by atoms with van der Waals surface area (Å²) in [5.74, 6) is -0.583. The van der Waals surface area contributed by atoms with Gasteiger partial charge in [-0.25, -0.2) is 4.99 Å². The molecule has 0 bridgehead atoms. The molecule has 8 nitrogen and oxygen atoms in total. The Labute approximate surface area is 169 Å². The summed E-state index contributed by atoms with van der Waals surface area (Å²) < 4.78 is 31.0. The van der Waals surface area contributed by atoms with Gasteiger partial charge in [0, 0.05) is 6.42 Å². The van der Waals surface area contributed by atoms with E-state index in [1.54, 1.807) is 0 Å². The van der Waals surface area contributed by atoms with Crippen LogP contribution in [0, 0.1) is 0 Å². The van der Waals surface area contributed by atoms with Crippen LogP contribution in [0.4, 0.5) is 0 Å². The number of aliphatic hydroxyl groups is 2. The van der Waals surface area contributed by atoms with Crippen LogP contribution in [0.3, 0.4) is 0 Å². The first-order valence-electron chi connectivity index (χ1n) is 10.4. The van der Waals surface area contributed by atoms with Crippen molar-refractivity contribution in [3.8, 4) is 0 Å². The molecule has 0 saturated carbocycles. The molecule has 0 aliphatic carbocycles. The molecule has 0 radical (unpaired) electrons. The van der Waals surface area contributed by atoms with Crippen LogP contribution in [0.15, 0.2) is 4.99 Å². The third-order valence-corrected chi connectivity index (χ3v) is 6.04. The van der Waals surface area contributed by atoms with E-state index in [1.807, 2.05) is 0 Å². The first kappa shape index (κ1) is 25.2. The lowest BCUT2D eigenvalue weighted by Crippen LogP contribution is -2.59. The summed E-state index contributed by atoms with van der Waals surface area (Å²) in [5.41, 5.74) is 0. The minimum Gasteiger partial charge on any atom is -0.390 e. The minimum atomic E-state index is -4.32. The Morgan fingerprint density at radius 1 is 1.14 bits per heavy atom. The van der Waals surface area contributed by atoms with Gasteiger partial charge in [0.25, 0.3) is 16.0 Å². The number of aliphatic imine (C=N–C) groups is 1. The second-order valence-corrected chi connectivity index (χ2v) is 9.25. The number of ketones is 1. The second-order valence-electron chi connectivity index (χ2n) is 7.75. The summed E-state index contributed by atoms with van der Waals surface area (Å²) in [6, 6.07) is 0. The van der Waals surface area contributed by atoms with Crippen LogP contribution in [0.1, 0.15) is 64.7 Å². The van der Waals surface area contributed by atoms with E-state index < -0.39 is 22.0 Å². The highest BCUT2D eigenvalue weighted by Crippen LogP contribution is 2.20. The topological polar surface area (TPSA) is 124 Å². The van der Waals surface area contributed by atoms with Gasteiger partial charge in [-0.2, -0.15) is 8.42 Å². The molecule has 0 saturated heterocycles. The van der Waals surface area contributed by atoms with Crippen molar-refractivity contribution in [2.24, 2.45) is 4.99 Å². The van der Waals surface area contributed by atoms with Crippen LogP contribution in [-0.2, 0) is 14.9 Å². The Hall–Kier alpha value is -0.870. The number of Topliss-reactive ketones (excluding diaryl/α,β-unsaturated/α-hetero) is 1. The van der Waals surface area contributed by atoms with Crippen molar-refractivity contribution in [2.45, 2.75) is 70.8 Å². The lowest BCUT2D eigenvalue weighted by Gasteiger charge is -2.34. The van der Waals surface area contributed by atoms with E-state index >= 15 is 0 Å². The Balaban J connectivity index is 2.54. The number of quaternary nitrogens is 1. The SMILES string of the molecule is CCCCCCCCCCC(=O)C1=NCC[N+]1(CCO)CC(O)CS(=O)(=O)O. The highest BCUT2D eigenvalue weighted by molar-refractivity contribution is 7.85. The minimum absolute atomic E-state index is 0.0248. The summed E-state index contributed by atoms with van der Waals surface area (Å²) in [5, 5.41) is 19.5. The molecule has 0 amide bonds. The molecule has 0 aromatic carbocycles. The number of amidine groups is 1. The van der Waals surface area contributed by atoms with Crippen molar-refractivity contribution < 1.29 is 32.5 Å². The fourth-order valence-corrected chi connectivity index (χ4v) is 4.46. The third-order valence-electron chi connectivity index (χ3n) is 5.24. The fourth-order valence-electron chi connectivity index (χ4n) is 3.86. The first-order valence-corrected chi connectivity index (χ1v) is 12.0. The van der Waals surface area contributed by atoms with E-state index in [-0.39, 0.29) is 30.0 Å². The van der Waals surface area contributed by atoms with E-state index in [2.05, 4.69) is 11.9 Å². The maximum atomic E-state index is 12.7. The van der Waals surface area contributed by atoms with E-state index in [0.29, 0.717) is 25.3 Å². The standard InChI is InChI=1S/C19H36N2O6S/c1-2-3-4-5-6-7-8-9-10-18(24)19-20-11-12-21(19,13-14-22)15-17(23)16-28(25,26)27/h17,22-23H,2-16H2,1H3/p+1. The average Bonchev–Trinajstić information content (AvgIpc) is 2.98. The maximum Gasteiger partial charge on any atom is 0.267 e. The number of hydrogen-bond acceptors (Lipinski definition) is 6. The Morgan fingerprint density at radius 2 is 1.75 bits per heavy atom. The first-order chi connectivity index (χ1) is 13.2. The van der Waals surface area contributed by atoms with Crippen LogP contribution in [0.2, 0.25) is 0 Å². The van der Waals surface area contributed by atoms with E-state index in [1.165, 1.54) is 32.1 Å². The van der Waals surface area contributed by atoms with Crippen molar-refractivity contribution >= 4 is 21.7 Å². The number of rotatable bonds is 16. The number of unbranched alkanes of at least 4 members (excludes halogenated alkanes) is 7. The van der Waals surface area contributed by atoms with Crippen molar-refractivity contribution in [1.82, 2.24) is 0 Å². The molecule has 1 aliphatic rings. The van der Waals surface area contributed by atoms with Crippen LogP contribution >= 0.6 is 0 Å². The maximum absolute atomic E-state index is 12.7. The molecule has 9 heteroatoms. The Bertz CT molecular complexity index is 608. The highest BCUT2D eigenvalue weighted by Gasteiger charge is 2.43. The molecule has 1 heterocycles. The molecular weight excluding hydrogens is 384 g/mol. The van der Waals surface area contributed by atoms with Gasteiger partial charge in [-0.1, -0.05) is 51.9 Å². The zero-order valence-corrected chi connectivity index (χ0v) is 17.9. The summed E-state index contributed by atoms with van der Waals surface area (Å²) in [7, 11) is -4.32. The highest BCUT2D eigenvalue weighted by atomic mass is 32.2. The van der Waals surface area contributed by atoms with Crippen LogP contribution < -0.4 is 0 Å². The summed E-state index contributed by atoms with van der Waals surface area (Å²) >= 11 is 0. The monoisotopic (exact) mass is 421 g/mol. The molecule has 0 aromatic heterocycles. The van der Waals surface area contributed by atoms with Gasteiger partial charge >= 0.3 is 0 Å². The van der Waals surface area contributed by atoms with E-state index in [4.69, 9.17) is 4.55 Å². The zero-order chi connectivity index (χ0) is 21.0. The average molecular weight is 422 g/mol. The van der Waals surface area contributed by atoms with Gasteiger partial charge in [-0.05, 0) is 6.42 Å². The predicted molar refractivity (Wildman–Crippen MR) is 109 cm³/mol. The van der Waals surface area contributed by atoms with Crippen molar-refractivity contribution in [2.75, 3.05) is 38.5 Å². The molecule has 0 spiro atoms. The fraction of sp³-hybridized carbons (Fsp3) is 0.895. The number of nitrogens with zero attached hydrogens (tertiary/aromatic N) is 2. The molecule has 0 fully saturated rings. The van der Waals surface area contributed by atoms with Gasteiger partial charge in [0.1, 0.15) is 31.5 Å². The van der Waals surface area contributed by atoms with Gasteiger partial charge < -0.3 is 10.2 Å². The van der Waals surface area contributed by atoms with Gasteiger partial charge in [-0.3, -0.25) is 13.8 Å². The number of aliphatic hydroxyl groups excluding tert-OH is 2. The summed E-state index contributed by atoms with van der Waals surface area (Å²) in [4.78, 5) is 17.0. The summed E-state index contributed by atoms with van der Waals surface area (Å²) in [6.07, 6.45) is 8.07. The van der Waals surface area contributed by atoms with E-state index in [0.717, 1.165) is 19.3 Å². The van der Waals surface area contributed by atoms with Gasteiger partial charge in [0.15, 0.2) is 0 Å². The normalized spacial score (nSPS) is 20.9. The second kappa shape index (κ2) is 12.6. The molecule has 1 aliphatic heterocycles. The largest absolute Gasteiger partial charge is 0.390 e.